The summed E-state index contributed by atoms with van der Waals surface area (Å²) in [5.74, 6) is 2.00. The maximum Gasteiger partial charge on any atom is 0.239 e. The van der Waals surface area contributed by atoms with Crippen molar-refractivity contribution in [1.82, 2.24) is 24.7 Å². The van der Waals surface area contributed by atoms with Gasteiger partial charge in [-0.25, -0.2) is 4.98 Å². The lowest BCUT2D eigenvalue weighted by atomic mass is 10.1. The highest BCUT2D eigenvalue weighted by Crippen LogP contribution is 2.28. The van der Waals surface area contributed by atoms with Crippen molar-refractivity contribution >= 4 is 17.7 Å². The van der Waals surface area contributed by atoms with Gasteiger partial charge in [-0.05, 0) is 53.0 Å². The first-order valence-electron chi connectivity index (χ1n) is 10.6. The van der Waals surface area contributed by atoms with Crippen LogP contribution >= 0.6 is 0 Å². The molecule has 1 saturated carbocycles. The molecule has 0 unspecified atom stereocenters. The Kier molecular flexibility index (Phi) is 7.87. The number of hydrogen-bond donors (Lipinski definition) is 1. The molecule has 0 atom stereocenters. The van der Waals surface area contributed by atoms with Gasteiger partial charge in [0.05, 0.1) is 18.8 Å². The van der Waals surface area contributed by atoms with E-state index in [2.05, 4.69) is 28.5 Å². The summed E-state index contributed by atoms with van der Waals surface area (Å²) in [6.07, 6.45) is 9.11. The molecule has 1 N–H and O–H groups in total. The van der Waals surface area contributed by atoms with E-state index in [1.54, 1.807) is 0 Å². The monoisotopic (exact) mass is 414 g/mol. The zero-order chi connectivity index (χ0) is 22.5. The molecule has 0 saturated heterocycles. The minimum absolute atomic E-state index is 0.0117. The summed E-state index contributed by atoms with van der Waals surface area (Å²) in [7, 11) is 7.91. The summed E-state index contributed by atoms with van der Waals surface area (Å²) in [6.45, 7) is 8.94. The minimum atomic E-state index is -0.252. The number of aliphatic imine (C=N–C) groups is 1. The molecule has 0 radical (unpaired) electrons. The number of likely N-dealkylation sites (N-methyl/N-ethyl adjacent to an activating group) is 1. The van der Waals surface area contributed by atoms with Crippen molar-refractivity contribution in [1.29, 1.82) is 0 Å². The molecule has 1 amide bonds. The van der Waals surface area contributed by atoms with E-state index in [-0.39, 0.29) is 11.4 Å². The van der Waals surface area contributed by atoms with Gasteiger partial charge in [0, 0.05) is 51.2 Å². The number of hydrogen-bond acceptors (Lipinski definition) is 5. The summed E-state index contributed by atoms with van der Waals surface area (Å²) < 4.78 is 2.03. The van der Waals surface area contributed by atoms with Crippen LogP contribution in [0.2, 0.25) is 0 Å². The maximum atomic E-state index is 12.6. The van der Waals surface area contributed by atoms with Crippen molar-refractivity contribution in [2.75, 3.05) is 27.7 Å². The van der Waals surface area contributed by atoms with Crippen LogP contribution in [-0.4, -0.2) is 64.2 Å². The average molecular weight is 415 g/mol. The fourth-order valence-corrected chi connectivity index (χ4v) is 3.96. The van der Waals surface area contributed by atoms with Crippen molar-refractivity contribution in [3.8, 4) is 0 Å². The minimum Gasteiger partial charge on any atom is -0.355 e. The van der Waals surface area contributed by atoms with E-state index >= 15 is 0 Å². The van der Waals surface area contributed by atoms with Gasteiger partial charge in [-0.3, -0.25) is 9.79 Å². The van der Waals surface area contributed by atoms with Crippen LogP contribution in [0.1, 0.15) is 58.5 Å². The Morgan fingerprint density at radius 2 is 2.00 bits per heavy atom. The molecule has 0 spiro atoms. The normalized spacial score (nSPS) is 17.7. The van der Waals surface area contributed by atoms with Crippen LogP contribution in [-0.2, 0) is 18.4 Å². The van der Waals surface area contributed by atoms with Crippen LogP contribution < -0.4 is 5.32 Å². The first kappa shape index (κ1) is 23.7. The van der Waals surface area contributed by atoms with Gasteiger partial charge in [0.1, 0.15) is 11.6 Å². The van der Waals surface area contributed by atoms with E-state index in [1.807, 2.05) is 70.5 Å². The third-order valence-corrected chi connectivity index (χ3v) is 5.02. The van der Waals surface area contributed by atoms with Gasteiger partial charge < -0.3 is 19.7 Å². The van der Waals surface area contributed by atoms with E-state index in [1.165, 1.54) is 5.57 Å². The molecule has 1 aliphatic rings. The van der Waals surface area contributed by atoms with Gasteiger partial charge >= 0.3 is 0 Å². The molecule has 1 aliphatic carbocycles. The number of nitrogens with one attached hydrogen (secondary N) is 1. The number of allylic oxidation sites excluding steroid dienone is 2. The Balaban J connectivity index is 2.31. The van der Waals surface area contributed by atoms with Crippen LogP contribution in [0.5, 0.6) is 0 Å². The molecule has 1 fully saturated rings. The fourth-order valence-electron chi connectivity index (χ4n) is 3.96. The zero-order valence-electron chi connectivity index (χ0n) is 19.9. The summed E-state index contributed by atoms with van der Waals surface area (Å²) in [5, 5.41) is 3.06. The predicted molar refractivity (Wildman–Crippen MR) is 124 cm³/mol. The van der Waals surface area contributed by atoms with Gasteiger partial charge in [0.2, 0.25) is 5.91 Å². The maximum absolute atomic E-state index is 12.6. The molecule has 0 aromatic carbocycles. The quantitative estimate of drug-likeness (QED) is 0.744. The van der Waals surface area contributed by atoms with Crippen LogP contribution in [0.25, 0.3) is 6.08 Å². The lowest BCUT2D eigenvalue weighted by Gasteiger charge is -2.33. The van der Waals surface area contributed by atoms with Crippen molar-refractivity contribution in [3.63, 3.8) is 0 Å². The van der Waals surface area contributed by atoms with Gasteiger partial charge in [0.25, 0.3) is 0 Å². The highest BCUT2D eigenvalue weighted by Gasteiger charge is 2.26. The lowest BCUT2D eigenvalue weighted by Crippen LogP contribution is -2.46. The molecule has 30 heavy (non-hydrogen) atoms. The van der Waals surface area contributed by atoms with Crippen molar-refractivity contribution < 1.29 is 4.79 Å². The van der Waals surface area contributed by atoms with Gasteiger partial charge in [-0.15, -0.1) is 0 Å². The number of aromatic nitrogens is 2. The van der Waals surface area contributed by atoms with Gasteiger partial charge in [-0.2, -0.15) is 0 Å². The molecule has 7 nitrogen and oxygen atoms in total. The van der Waals surface area contributed by atoms with E-state index in [9.17, 15) is 4.79 Å². The summed E-state index contributed by atoms with van der Waals surface area (Å²) in [6, 6.07) is 0. The summed E-state index contributed by atoms with van der Waals surface area (Å²) in [5.41, 5.74) is 3.11. The average Bonchev–Trinajstić information content (AvgIpc) is 3.20. The van der Waals surface area contributed by atoms with E-state index in [0.717, 1.165) is 42.3 Å². The molecule has 0 bridgehead atoms. The van der Waals surface area contributed by atoms with Crippen LogP contribution in [0.4, 0.5) is 0 Å². The molecule has 1 aromatic heterocycles. The fraction of sp³-hybridized carbons (Fsp3) is 0.609. The zero-order valence-corrected chi connectivity index (χ0v) is 19.9. The first-order valence-corrected chi connectivity index (χ1v) is 10.6. The highest BCUT2D eigenvalue weighted by atomic mass is 16.2. The molecule has 1 aromatic rings. The molecular weight excluding hydrogens is 376 g/mol. The van der Waals surface area contributed by atoms with Crippen LogP contribution in [0.3, 0.4) is 0 Å². The number of carbonyl (C=O) groups is 1. The Bertz CT molecular complexity index is 840. The number of amides is 1. The third kappa shape index (κ3) is 6.21. The highest BCUT2D eigenvalue weighted by molar-refractivity contribution is 6.02. The van der Waals surface area contributed by atoms with Crippen molar-refractivity contribution in [2.45, 2.75) is 59.0 Å². The topological polar surface area (TPSA) is 65.8 Å². The van der Waals surface area contributed by atoms with E-state index < -0.39 is 0 Å². The SMILES string of the molecule is C/C=C\c1nc(CN(C)/C(=C2/CCC/C2=N/C)N(C)CC(=O)NC(C)(C)C)cn1C. The number of imidazole rings is 1. The second-order valence-corrected chi connectivity index (χ2v) is 9.04. The van der Waals surface area contributed by atoms with Crippen LogP contribution in [0, 0.1) is 0 Å². The van der Waals surface area contributed by atoms with Crippen molar-refractivity contribution in [2.24, 2.45) is 12.0 Å². The number of rotatable bonds is 7. The van der Waals surface area contributed by atoms with Crippen molar-refractivity contribution in [3.05, 3.63) is 35.2 Å². The van der Waals surface area contributed by atoms with Crippen LogP contribution in [0.15, 0.2) is 28.7 Å². The Morgan fingerprint density at radius 1 is 1.30 bits per heavy atom. The Morgan fingerprint density at radius 3 is 2.60 bits per heavy atom. The summed E-state index contributed by atoms with van der Waals surface area (Å²) >= 11 is 0. The number of aryl methyl sites for hydroxylation is 1. The van der Waals surface area contributed by atoms with Gasteiger partial charge in [-0.1, -0.05) is 6.08 Å². The lowest BCUT2D eigenvalue weighted by molar-refractivity contribution is -0.123. The molecule has 7 heteroatoms. The predicted octanol–water partition coefficient (Wildman–Crippen LogP) is 3.20. The third-order valence-electron chi connectivity index (χ3n) is 5.02. The standard InChI is InChI=1S/C23H38N6O/c1-9-11-20-25-17(14-27(20)6)15-28(7)22(18-12-10-13-19(18)24-5)29(8)16-21(30)26-23(2,3)4/h9,11,14H,10,12-13,15-16H2,1-8H3,(H,26,30)/b11-9-,22-18+,24-19-. The second-order valence-electron chi connectivity index (χ2n) is 9.04. The Labute approximate surface area is 181 Å². The number of carbonyl (C=O) groups excluding carboxylic acids is 1. The number of nitrogens with zero attached hydrogens (tertiary/aromatic N) is 5. The molecular formula is C23H38N6O. The molecule has 166 valence electrons. The second kappa shape index (κ2) is 9.96. The van der Waals surface area contributed by atoms with E-state index in [0.29, 0.717) is 13.1 Å². The molecule has 2 rings (SSSR count). The van der Waals surface area contributed by atoms with Gasteiger partial charge in [0.15, 0.2) is 0 Å². The molecule has 1 heterocycles. The largest absolute Gasteiger partial charge is 0.355 e. The first-order chi connectivity index (χ1) is 14.1. The van der Waals surface area contributed by atoms with E-state index in [4.69, 9.17) is 4.98 Å². The summed E-state index contributed by atoms with van der Waals surface area (Å²) in [4.78, 5) is 26.1. The smallest absolute Gasteiger partial charge is 0.239 e. The molecule has 0 aliphatic heterocycles. The Hall–Kier alpha value is -2.57.